The van der Waals surface area contributed by atoms with Gasteiger partial charge in [-0.1, -0.05) is 49.7 Å². The fourth-order valence-electron chi connectivity index (χ4n) is 3.06. The van der Waals surface area contributed by atoms with E-state index in [0.29, 0.717) is 10.9 Å². The Hall–Kier alpha value is -2.80. The summed E-state index contributed by atoms with van der Waals surface area (Å²) in [6.45, 7) is 2.37. The molecule has 6 nitrogen and oxygen atoms in total. The number of para-hydroxylation sites is 1. The molecule has 0 aliphatic carbocycles. The highest BCUT2D eigenvalue weighted by atomic mass is 32.2. The number of carbonyl (C=O) groups excluding carboxylic acids is 1. The molecule has 2 aromatic rings. The Balaban J connectivity index is 1.57. The third-order valence-corrected chi connectivity index (χ3v) is 5.71. The SMILES string of the molecule is CCCC[C@H]1S/C(=N/N=C\c2ccc3c(c2)OCO3)N(c2ccccc2)C1=O. The number of ether oxygens (including phenoxy) is 2. The molecule has 1 fully saturated rings. The van der Waals surface area contributed by atoms with Crippen molar-refractivity contribution in [2.45, 2.75) is 31.4 Å². The minimum absolute atomic E-state index is 0.0710. The fraction of sp³-hybridized carbons (Fsp3) is 0.286. The lowest BCUT2D eigenvalue weighted by molar-refractivity contribution is -0.117. The second-order valence-electron chi connectivity index (χ2n) is 6.50. The van der Waals surface area contributed by atoms with Crippen LogP contribution in [-0.2, 0) is 4.79 Å². The van der Waals surface area contributed by atoms with Crippen molar-refractivity contribution in [2.75, 3.05) is 11.7 Å². The zero-order valence-corrected chi connectivity index (χ0v) is 16.4. The van der Waals surface area contributed by atoms with Crippen LogP contribution in [-0.4, -0.2) is 29.3 Å². The van der Waals surface area contributed by atoms with E-state index in [1.165, 1.54) is 11.8 Å². The standard InChI is InChI=1S/C21H21N3O3S/c1-2-3-9-19-20(25)24(16-7-5-4-6-8-16)21(28-19)23-22-13-15-10-11-17-18(12-15)27-14-26-17/h4-8,10-13,19H,2-3,9,14H2,1H3/b22-13-,23-21+/t19-/m1/s1. The highest BCUT2D eigenvalue weighted by molar-refractivity contribution is 8.16. The molecule has 0 N–H and O–H groups in total. The first-order chi connectivity index (χ1) is 13.8. The molecule has 0 bridgehead atoms. The van der Waals surface area contributed by atoms with Crippen LogP contribution in [0, 0.1) is 0 Å². The Kier molecular flexibility index (Phi) is 5.62. The Morgan fingerprint density at radius 2 is 2.00 bits per heavy atom. The van der Waals surface area contributed by atoms with Gasteiger partial charge in [0, 0.05) is 0 Å². The highest BCUT2D eigenvalue weighted by Gasteiger charge is 2.38. The van der Waals surface area contributed by atoms with Crippen molar-refractivity contribution in [3.63, 3.8) is 0 Å². The van der Waals surface area contributed by atoms with E-state index < -0.39 is 0 Å². The molecule has 1 atom stereocenters. The number of thioether (sulfide) groups is 1. The number of nitrogens with zero attached hydrogens (tertiary/aromatic N) is 3. The number of anilines is 1. The highest BCUT2D eigenvalue weighted by Crippen LogP contribution is 2.35. The van der Waals surface area contributed by atoms with Gasteiger partial charge in [-0.05, 0) is 42.3 Å². The molecular formula is C21H21N3O3S. The molecule has 144 valence electrons. The summed E-state index contributed by atoms with van der Waals surface area (Å²) < 4.78 is 10.7. The molecule has 2 heterocycles. The summed E-state index contributed by atoms with van der Waals surface area (Å²) in [7, 11) is 0. The van der Waals surface area contributed by atoms with Crippen LogP contribution in [0.4, 0.5) is 5.69 Å². The minimum atomic E-state index is -0.111. The fourth-order valence-corrected chi connectivity index (χ4v) is 4.20. The zero-order valence-electron chi connectivity index (χ0n) is 15.6. The Bertz CT molecular complexity index is 914. The van der Waals surface area contributed by atoms with Crippen LogP contribution < -0.4 is 14.4 Å². The second kappa shape index (κ2) is 8.48. The van der Waals surface area contributed by atoms with Crippen LogP contribution in [0.1, 0.15) is 31.7 Å². The maximum Gasteiger partial charge on any atom is 0.246 e. The van der Waals surface area contributed by atoms with Gasteiger partial charge in [-0.15, -0.1) is 5.10 Å². The average molecular weight is 395 g/mol. The number of hydrogen-bond acceptors (Lipinski definition) is 6. The summed E-state index contributed by atoms with van der Waals surface area (Å²) in [6, 6.07) is 15.2. The number of fused-ring (bicyclic) bond motifs is 1. The molecule has 1 saturated heterocycles. The summed E-state index contributed by atoms with van der Waals surface area (Å²) in [5.41, 5.74) is 1.67. The normalized spacial score (nSPS) is 19.9. The van der Waals surface area contributed by atoms with E-state index in [2.05, 4.69) is 17.1 Å². The van der Waals surface area contributed by atoms with Crippen LogP contribution in [0.15, 0.2) is 58.7 Å². The van der Waals surface area contributed by atoms with Gasteiger partial charge in [0.05, 0.1) is 17.2 Å². The summed E-state index contributed by atoms with van der Waals surface area (Å²) in [6.07, 6.45) is 4.57. The molecule has 2 aliphatic heterocycles. The van der Waals surface area contributed by atoms with Gasteiger partial charge in [-0.3, -0.25) is 9.69 Å². The summed E-state index contributed by atoms with van der Waals surface area (Å²) in [4.78, 5) is 14.6. The van der Waals surface area contributed by atoms with Crippen LogP contribution in [0.2, 0.25) is 0 Å². The first-order valence-corrected chi connectivity index (χ1v) is 10.2. The number of benzene rings is 2. The minimum Gasteiger partial charge on any atom is -0.454 e. The molecule has 0 unspecified atom stereocenters. The lowest BCUT2D eigenvalue weighted by Gasteiger charge is -2.15. The third-order valence-electron chi connectivity index (χ3n) is 4.52. The molecule has 2 aliphatic rings. The molecule has 0 spiro atoms. The van der Waals surface area contributed by atoms with E-state index in [9.17, 15) is 4.79 Å². The average Bonchev–Trinajstić information content (AvgIpc) is 3.31. The van der Waals surface area contributed by atoms with Crippen molar-refractivity contribution >= 4 is 34.7 Å². The lowest BCUT2D eigenvalue weighted by atomic mass is 10.2. The van der Waals surface area contributed by atoms with Gasteiger partial charge >= 0.3 is 0 Å². The number of amides is 1. The smallest absolute Gasteiger partial charge is 0.246 e. The third kappa shape index (κ3) is 3.89. The quantitative estimate of drug-likeness (QED) is 0.536. The summed E-state index contributed by atoms with van der Waals surface area (Å²) >= 11 is 1.48. The van der Waals surface area contributed by atoms with Crippen molar-refractivity contribution in [2.24, 2.45) is 10.2 Å². The molecule has 1 amide bonds. The summed E-state index contributed by atoms with van der Waals surface area (Å²) in [5.74, 6) is 1.50. The van der Waals surface area contributed by atoms with Gasteiger partial charge in [0.2, 0.25) is 12.7 Å². The molecule has 2 aromatic carbocycles. The predicted octanol–water partition coefficient (Wildman–Crippen LogP) is 4.44. The lowest BCUT2D eigenvalue weighted by Crippen LogP contribution is -2.31. The molecule has 0 saturated carbocycles. The number of amidine groups is 1. The van der Waals surface area contributed by atoms with Crippen molar-refractivity contribution in [1.82, 2.24) is 0 Å². The molecule has 0 radical (unpaired) electrons. The van der Waals surface area contributed by atoms with Crippen molar-refractivity contribution in [3.8, 4) is 11.5 Å². The molecule has 4 rings (SSSR count). The van der Waals surface area contributed by atoms with E-state index in [4.69, 9.17) is 9.47 Å². The number of carbonyl (C=O) groups is 1. The van der Waals surface area contributed by atoms with Crippen molar-refractivity contribution in [3.05, 3.63) is 54.1 Å². The van der Waals surface area contributed by atoms with E-state index in [0.717, 1.165) is 36.3 Å². The Morgan fingerprint density at radius 1 is 1.18 bits per heavy atom. The number of rotatable bonds is 6. The topological polar surface area (TPSA) is 63.5 Å². The van der Waals surface area contributed by atoms with Gasteiger partial charge in [-0.25, -0.2) is 0 Å². The Morgan fingerprint density at radius 3 is 2.82 bits per heavy atom. The van der Waals surface area contributed by atoms with E-state index >= 15 is 0 Å². The maximum atomic E-state index is 12.9. The second-order valence-corrected chi connectivity index (χ2v) is 7.67. The van der Waals surface area contributed by atoms with E-state index in [1.54, 1.807) is 11.1 Å². The maximum absolute atomic E-state index is 12.9. The van der Waals surface area contributed by atoms with Gasteiger partial charge in [0.25, 0.3) is 0 Å². The Labute approximate surface area is 168 Å². The zero-order chi connectivity index (χ0) is 19.3. The summed E-state index contributed by atoms with van der Waals surface area (Å²) in [5, 5.41) is 9.08. The number of unbranched alkanes of at least 4 members (excludes halogenated alkanes) is 1. The van der Waals surface area contributed by atoms with Gasteiger partial charge in [0.1, 0.15) is 0 Å². The van der Waals surface area contributed by atoms with E-state index in [-0.39, 0.29) is 18.0 Å². The number of hydrogen-bond donors (Lipinski definition) is 0. The first-order valence-electron chi connectivity index (χ1n) is 9.32. The molecule has 0 aromatic heterocycles. The van der Waals surface area contributed by atoms with E-state index in [1.807, 2.05) is 48.5 Å². The predicted molar refractivity (Wildman–Crippen MR) is 112 cm³/mol. The van der Waals surface area contributed by atoms with Gasteiger partial charge < -0.3 is 9.47 Å². The van der Waals surface area contributed by atoms with Crippen molar-refractivity contribution < 1.29 is 14.3 Å². The molecule has 28 heavy (non-hydrogen) atoms. The largest absolute Gasteiger partial charge is 0.454 e. The van der Waals surface area contributed by atoms with Crippen LogP contribution in [0.25, 0.3) is 0 Å². The van der Waals surface area contributed by atoms with Crippen LogP contribution in [0.3, 0.4) is 0 Å². The van der Waals surface area contributed by atoms with Gasteiger partial charge in [0.15, 0.2) is 16.7 Å². The molecule has 7 heteroatoms. The van der Waals surface area contributed by atoms with Crippen LogP contribution in [0.5, 0.6) is 11.5 Å². The van der Waals surface area contributed by atoms with Gasteiger partial charge in [-0.2, -0.15) is 5.10 Å². The monoisotopic (exact) mass is 395 g/mol. The van der Waals surface area contributed by atoms with Crippen LogP contribution >= 0.6 is 11.8 Å². The van der Waals surface area contributed by atoms with Crippen molar-refractivity contribution in [1.29, 1.82) is 0 Å². The first kappa shape index (κ1) is 18.6. The molecular weight excluding hydrogens is 374 g/mol.